The molecule has 2 aromatic rings. The molecule has 1 aromatic heterocycles. The third kappa shape index (κ3) is 3.01. The summed E-state index contributed by atoms with van der Waals surface area (Å²) >= 11 is 3.31. The van der Waals surface area contributed by atoms with Crippen LogP contribution >= 0.6 is 15.9 Å². The summed E-state index contributed by atoms with van der Waals surface area (Å²) in [5, 5.41) is 15.8. The number of aromatic nitrogens is 2. The van der Waals surface area contributed by atoms with E-state index in [9.17, 15) is 4.79 Å². The number of halogens is 1. The summed E-state index contributed by atoms with van der Waals surface area (Å²) in [6.07, 6.45) is 0. The van der Waals surface area contributed by atoms with Gasteiger partial charge in [0.15, 0.2) is 5.69 Å². The number of carboxylic acid groups (broad SMARTS) is 1. The van der Waals surface area contributed by atoms with Gasteiger partial charge < -0.3 is 9.84 Å². The van der Waals surface area contributed by atoms with Crippen molar-refractivity contribution in [3.05, 3.63) is 46.6 Å². The molecule has 5 nitrogen and oxygen atoms in total. The number of hydrogen-bond acceptors (Lipinski definition) is 4. The van der Waals surface area contributed by atoms with Crippen LogP contribution in [0.2, 0.25) is 0 Å². The van der Waals surface area contributed by atoms with E-state index in [0.29, 0.717) is 5.75 Å². The molecule has 0 saturated heterocycles. The first-order chi connectivity index (χ1) is 8.15. The molecule has 17 heavy (non-hydrogen) atoms. The van der Waals surface area contributed by atoms with E-state index in [2.05, 4.69) is 26.1 Å². The summed E-state index contributed by atoms with van der Waals surface area (Å²) < 4.78 is 6.28. The zero-order valence-electron chi connectivity index (χ0n) is 8.50. The monoisotopic (exact) mass is 294 g/mol. The lowest BCUT2D eigenvalue weighted by atomic mass is 10.3. The SMILES string of the molecule is O=C(O)c1ccc(Oc2cccc(Br)c2)nn1. The van der Waals surface area contributed by atoms with E-state index in [-0.39, 0.29) is 11.6 Å². The zero-order chi connectivity index (χ0) is 12.3. The van der Waals surface area contributed by atoms with E-state index in [0.717, 1.165) is 4.47 Å². The molecule has 0 spiro atoms. The minimum absolute atomic E-state index is 0.119. The van der Waals surface area contributed by atoms with Gasteiger partial charge in [-0.15, -0.1) is 10.2 Å². The number of hydrogen-bond donors (Lipinski definition) is 1. The molecular weight excluding hydrogens is 288 g/mol. The maximum atomic E-state index is 10.6. The fourth-order valence-corrected chi connectivity index (χ4v) is 1.52. The molecule has 0 amide bonds. The van der Waals surface area contributed by atoms with Crippen molar-refractivity contribution < 1.29 is 14.6 Å². The van der Waals surface area contributed by atoms with Gasteiger partial charge in [-0.1, -0.05) is 22.0 Å². The molecule has 0 radical (unpaired) electrons. The summed E-state index contributed by atoms with van der Waals surface area (Å²) in [6.45, 7) is 0. The van der Waals surface area contributed by atoms with Crippen molar-refractivity contribution in [3.8, 4) is 11.6 Å². The highest BCUT2D eigenvalue weighted by Crippen LogP contribution is 2.22. The van der Waals surface area contributed by atoms with Crippen LogP contribution in [-0.4, -0.2) is 21.3 Å². The van der Waals surface area contributed by atoms with E-state index < -0.39 is 5.97 Å². The Balaban J connectivity index is 2.16. The molecule has 0 bridgehead atoms. The van der Waals surface area contributed by atoms with Gasteiger partial charge in [-0.3, -0.25) is 0 Å². The molecule has 1 N–H and O–H groups in total. The molecule has 0 fully saturated rings. The second-order valence-electron chi connectivity index (χ2n) is 3.12. The maximum absolute atomic E-state index is 10.6. The van der Waals surface area contributed by atoms with Gasteiger partial charge in [0, 0.05) is 10.5 Å². The van der Waals surface area contributed by atoms with Crippen LogP contribution in [-0.2, 0) is 0 Å². The second kappa shape index (κ2) is 4.92. The predicted octanol–water partition coefficient (Wildman–Crippen LogP) is 2.73. The Labute approximate surface area is 105 Å². The highest BCUT2D eigenvalue weighted by Gasteiger charge is 2.06. The summed E-state index contributed by atoms with van der Waals surface area (Å²) in [5.74, 6) is -0.281. The van der Waals surface area contributed by atoms with Crippen LogP contribution in [0.5, 0.6) is 11.6 Å². The van der Waals surface area contributed by atoms with Gasteiger partial charge in [0.05, 0.1) is 0 Å². The topological polar surface area (TPSA) is 72.3 Å². The third-order valence-electron chi connectivity index (χ3n) is 1.88. The number of rotatable bonds is 3. The minimum atomic E-state index is -1.12. The number of ether oxygens (including phenoxy) is 1. The van der Waals surface area contributed by atoms with Crippen LogP contribution in [0.1, 0.15) is 10.5 Å². The van der Waals surface area contributed by atoms with Crippen LogP contribution in [0.15, 0.2) is 40.9 Å². The van der Waals surface area contributed by atoms with Gasteiger partial charge in [0.1, 0.15) is 5.75 Å². The second-order valence-corrected chi connectivity index (χ2v) is 4.04. The molecule has 0 saturated carbocycles. The molecule has 1 aromatic carbocycles. The molecule has 0 aliphatic carbocycles. The van der Waals surface area contributed by atoms with E-state index in [1.54, 1.807) is 12.1 Å². The first-order valence-corrected chi connectivity index (χ1v) is 5.45. The minimum Gasteiger partial charge on any atom is -0.476 e. The first-order valence-electron chi connectivity index (χ1n) is 4.65. The van der Waals surface area contributed by atoms with Gasteiger partial charge in [0.2, 0.25) is 5.88 Å². The van der Waals surface area contributed by atoms with E-state index >= 15 is 0 Å². The van der Waals surface area contributed by atoms with Crippen LogP contribution < -0.4 is 4.74 Å². The standard InChI is InChI=1S/C11H7BrN2O3/c12-7-2-1-3-8(6-7)17-10-5-4-9(11(15)16)13-14-10/h1-6H,(H,15,16). The summed E-state index contributed by atoms with van der Waals surface area (Å²) in [5.41, 5.74) is -0.119. The Morgan fingerprint density at radius 3 is 2.65 bits per heavy atom. The lowest BCUT2D eigenvalue weighted by molar-refractivity contribution is 0.0689. The van der Waals surface area contributed by atoms with Gasteiger partial charge in [-0.25, -0.2) is 4.79 Å². The first kappa shape index (κ1) is 11.5. The van der Waals surface area contributed by atoms with Gasteiger partial charge in [-0.2, -0.15) is 0 Å². The molecule has 6 heteroatoms. The van der Waals surface area contributed by atoms with Crippen LogP contribution in [0.25, 0.3) is 0 Å². The molecule has 1 heterocycles. The van der Waals surface area contributed by atoms with Crippen molar-refractivity contribution in [1.82, 2.24) is 10.2 Å². The predicted molar refractivity (Wildman–Crippen MR) is 63.2 cm³/mol. The molecule has 0 atom stereocenters. The highest BCUT2D eigenvalue weighted by molar-refractivity contribution is 9.10. The average Bonchev–Trinajstić information content (AvgIpc) is 2.29. The fraction of sp³-hybridized carbons (Fsp3) is 0. The summed E-state index contributed by atoms with van der Waals surface area (Å²) in [6, 6.07) is 10.0. The van der Waals surface area contributed by atoms with Crippen molar-refractivity contribution in [2.75, 3.05) is 0 Å². The third-order valence-corrected chi connectivity index (χ3v) is 2.37. The Morgan fingerprint density at radius 1 is 1.24 bits per heavy atom. The van der Waals surface area contributed by atoms with Crippen LogP contribution in [0.4, 0.5) is 0 Å². The van der Waals surface area contributed by atoms with Crippen LogP contribution in [0.3, 0.4) is 0 Å². The molecule has 0 aliphatic rings. The molecular formula is C11H7BrN2O3. The van der Waals surface area contributed by atoms with Crippen molar-refractivity contribution in [1.29, 1.82) is 0 Å². The average molecular weight is 295 g/mol. The Morgan fingerprint density at radius 2 is 2.06 bits per heavy atom. The Kier molecular flexibility index (Phi) is 3.34. The number of benzene rings is 1. The largest absolute Gasteiger partial charge is 0.476 e. The molecule has 0 unspecified atom stereocenters. The summed E-state index contributed by atoms with van der Waals surface area (Å²) in [7, 11) is 0. The normalized spacial score (nSPS) is 9.94. The number of carbonyl (C=O) groups is 1. The summed E-state index contributed by atoms with van der Waals surface area (Å²) in [4.78, 5) is 10.6. The smallest absolute Gasteiger partial charge is 0.356 e. The van der Waals surface area contributed by atoms with Crippen molar-refractivity contribution in [3.63, 3.8) is 0 Å². The Bertz CT molecular complexity index is 543. The quantitative estimate of drug-likeness (QED) is 0.942. The van der Waals surface area contributed by atoms with Gasteiger partial charge in [-0.05, 0) is 24.3 Å². The van der Waals surface area contributed by atoms with E-state index in [4.69, 9.17) is 9.84 Å². The molecule has 86 valence electrons. The number of aromatic carboxylic acids is 1. The number of nitrogens with zero attached hydrogens (tertiary/aromatic N) is 2. The lowest BCUT2D eigenvalue weighted by Gasteiger charge is -2.03. The number of carboxylic acids is 1. The van der Waals surface area contributed by atoms with Gasteiger partial charge in [0.25, 0.3) is 0 Å². The zero-order valence-corrected chi connectivity index (χ0v) is 10.1. The van der Waals surface area contributed by atoms with E-state index in [1.807, 2.05) is 12.1 Å². The van der Waals surface area contributed by atoms with E-state index in [1.165, 1.54) is 12.1 Å². The van der Waals surface area contributed by atoms with Crippen molar-refractivity contribution in [2.45, 2.75) is 0 Å². The van der Waals surface area contributed by atoms with Crippen molar-refractivity contribution >= 4 is 21.9 Å². The molecule has 0 aliphatic heterocycles. The Hall–Kier alpha value is -1.95. The highest BCUT2D eigenvalue weighted by atomic mass is 79.9. The molecule has 2 rings (SSSR count). The fourth-order valence-electron chi connectivity index (χ4n) is 1.14. The maximum Gasteiger partial charge on any atom is 0.356 e. The lowest BCUT2D eigenvalue weighted by Crippen LogP contribution is -2.02. The van der Waals surface area contributed by atoms with Crippen LogP contribution in [0, 0.1) is 0 Å². The van der Waals surface area contributed by atoms with Gasteiger partial charge >= 0.3 is 5.97 Å². The van der Waals surface area contributed by atoms with Crippen molar-refractivity contribution in [2.24, 2.45) is 0 Å².